The smallest absolute Gasteiger partial charge is 0.0164 e. The summed E-state index contributed by atoms with van der Waals surface area (Å²) in [6.45, 7) is 2.29. The largest absolute Gasteiger partial charge is 0.0648 e. The lowest BCUT2D eigenvalue weighted by Crippen LogP contribution is -1.98. The van der Waals surface area contributed by atoms with Gasteiger partial charge in [0.2, 0.25) is 0 Å². The molecule has 0 nitrogen and oxygen atoms in total. The van der Waals surface area contributed by atoms with Crippen LogP contribution < -0.4 is 0 Å². The molecule has 0 aromatic heterocycles. The minimum Gasteiger partial charge on any atom is -0.0648 e. The van der Waals surface area contributed by atoms with Crippen molar-refractivity contribution in [2.75, 3.05) is 0 Å². The van der Waals surface area contributed by atoms with E-state index in [0.717, 1.165) is 5.92 Å². The lowest BCUT2D eigenvalue weighted by Gasteiger charge is -2.15. The van der Waals surface area contributed by atoms with Gasteiger partial charge >= 0.3 is 0 Å². The van der Waals surface area contributed by atoms with Crippen molar-refractivity contribution in [3.63, 3.8) is 0 Å². The molecule has 1 atom stereocenters. The standard InChI is InChI=1S/C18H22/c1-2-17(18-13-7-4-8-14-18)15-9-12-16-10-5-3-6-11-16/h3-8,10-11,13-14,17H,2,9,12,15H2,1H3. The normalized spacial score (nSPS) is 12.3. The lowest BCUT2D eigenvalue weighted by molar-refractivity contribution is 0.576. The molecule has 0 radical (unpaired) electrons. The Morgan fingerprint density at radius 1 is 0.833 bits per heavy atom. The Morgan fingerprint density at radius 3 is 2.06 bits per heavy atom. The second-order valence-corrected chi connectivity index (χ2v) is 4.89. The molecule has 2 aromatic rings. The zero-order chi connectivity index (χ0) is 12.6. The molecule has 94 valence electrons. The molecule has 0 saturated heterocycles. The molecule has 0 aliphatic heterocycles. The Kier molecular flexibility index (Phi) is 5.01. The van der Waals surface area contributed by atoms with Gasteiger partial charge in [-0.2, -0.15) is 0 Å². The molecule has 1 unspecified atom stereocenters. The van der Waals surface area contributed by atoms with E-state index < -0.39 is 0 Å². The first-order valence-electron chi connectivity index (χ1n) is 6.99. The van der Waals surface area contributed by atoms with Crippen molar-refractivity contribution in [2.24, 2.45) is 0 Å². The molecule has 0 fully saturated rings. The van der Waals surface area contributed by atoms with E-state index in [-0.39, 0.29) is 0 Å². The maximum absolute atomic E-state index is 2.29. The molecule has 0 bridgehead atoms. The van der Waals surface area contributed by atoms with E-state index in [4.69, 9.17) is 0 Å². The minimum atomic E-state index is 0.718. The van der Waals surface area contributed by atoms with Crippen molar-refractivity contribution >= 4 is 0 Å². The van der Waals surface area contributed by atoms with Crippen LogP contribution in [0.1, 0.15) is 43.2 Å². The summed E-state index contributed by atoms with van der Waals surface area (Å²) < 4.78 is 0. The third-order valence-corrected chi connectivity index (χ3v) is 3.62. The van der Waals surface area contributed by atoms with Crippen LogP contribution in [0.2, 0.25) is 0 Å². The Hall–Kier alpha value is -1.56. The van der Waals surface area contributed by atoms with Crippen molar-refractivity contribution in [2.45, 2.75) is 38.5 Å². The van der Waals surface area contributed by atoms with Crippen LogP contribution in [0, 0.1) is 0 Å². The first-order valence-corrected chi connectivity index (χ1v) is 6.99. The van der Waals surface area contributed by atoms with Crippen LogP contribution in [0.3, 0.4) is 0 Å². The molecular formula is C18H22. The lowest BCUT2D eigenvalue weighted by atomic mass is 9.90. The van der Waals surface area contributed by atoms with E-state index >= 15 is 0 Å². The number of hydrogen-bond acceptors (Lipinski definition) is 0. The summed E-state index contributed by atoms with van der Waals surface area (Å²) in [7, 11) is 0. The van der Waals surface area contributed by atoms with E-state index in [1.165, 1.54) is 36.8 Å². The van der Waals surface area contributed by atoms with Crippen molar-refractivity contribution < 1.29 is 0 Å². The highest BCUT2D eigenvalue weighted by Gasteiger charge is 2.08. The minimum absolute atomic E-state index is 0.718. The molecule has 18 heavy (non-hydrogen) atoms. The number of benzene rings is 2. The SMILES string of the molecule is CCC(CCCc1ccccc1)c1ccccc1. The highest BCUT2D eigenvalue weighted by atomic mass is 14.1. The van der Waals surface area contributed by atoms with Gasteiger partial charge < -0.3 is 0 Å². The van der Waals surface area contributed by atoms with Gasteiger partial charge in [0, 0.05) is 0 Å². The van der Waals surface area contributed by atoms with E-state index in [1.807, 2.05) is 0 Å². The topological polar surface area (TPSA) is 0 Å². The van der Waals surface area contributed by atoms with Crippen molar-refractivity contribution in [3.8, 4) is 0 Å². The Bertz CT molecular complexity index is 430. The highest BCUT2D eigenvalue weighted by molar-refractivity contribution is 5.19. The number of rotatable bonds is 6. The van der Waals surface area contributed by atoms with Crippen LogP contribution >= 0.6 is 0 Å². The summed E-state index contributed by atoms with van der Waals surface area (Å²) in [5.74, 6) is 0.718. The predicted molar refractivity (Wildman–Crippen MR) is 78.9 cm³/mol. The van der Waals surface area contributed by atoms with E-state index in [2.05, 4.69) is 67.6 Å². The predicted octanol–water partition coefficient (Wildman–Crippen LogP) is 5.20. The second kappa shape index (κ2) is 7.00. The average molecular weight is 238 g/mol. The van der Waals surface area contributed by atoms with E-state index in [0.29, 0.717) is 0 Å². The molecule has 0 amide bonds. The first kappa shape index (κ1) is 12.9. The molecule has 0 N–H and O–H groups in total. The Balaban J connectivity index is 1.85. The van der Waals surface area contributed by atoms with Gasteiger partial charge in [0.1, 0.15) is 0 Å². The van der Waals surface area contributed by atoms with Crippen LogP contribution in [0.5, 0.6) is 0 Å². The molecule has 0 saturated carbocycles. The maximum Gasteiger partial charge on any atom is -0.0164 e. The zero-order valence-corrected chi connectivity index (χ0v) is 11.2. The van der Waals surface area contributed by atoms with Crippen LogP contribution in [-0.4, -0.2) is 0 Å². The summed E-state index contributed by atoms with van der Waals surface area (Å²) in [4.78, 5) is 0. The van der Waals surface area contributed by atoms with Gasteiger partial charge in [-0.05, 0) is 42.7 Å². The van der Waals surface area contributed by atoms with Crippen molar-refractivity contribution in [1.29, 1.82) is 0 Å². The summed E-state index contributed by atoms with van der Waals surface area (Å²) in [5.41, 5.74) is 2.95. The van der Waals surface area contributed by atoms with Gasteiger partial charge in [-0.3, -0.25) is 0 Å². The molecule has 0 heteroatoms. The van der Waals surface area contributed by atoms with Crippen LogP contribution in [0.15, 0.2) is 60.7 Å². The third-order valence-electron chi connectivity index (χ3n) is 3.62. The average Bonchev–Trinajstić information content (AvgIpc) is 2.46. The molecule has 2 aromatic carbocycles. The van der Waals surface area contributed by atoms with Gasteiger partial charge in [0.15, 0.2) is 0 Å². The van der Waals surface area contributed by atoms with Crippen molar-refractivity contribution in [3.05, 3.63) is 71.8 Å². The van der Waals surface area contributed by atoms with Gasteiger partial charge in [-0.25, -0.2) is 0 Å². The first-order chi connectivity index (χ1) is 8.90. The summed E-state index contributed by atoms with van der Waals surface area (Å²) in [6.07, 6.45) is 5.00. The molecular weight excluding hydrogens is 216 g/mol. The van der Waals surface area contributed by atoms with E-state index in [9.17, 15) is 0 Å². The molecule has 0 spiro atoms. The summed E-state index contributed by atoms with van der Waals surface area (Å²) in [5, 5.41) is 0. The van der Waals surface area contributed by atoms with Crippen LogP contribution in [-0.2, 0) is 6.42 Å². The Labute approximate surface area is 111 Å². The second-order valence-electron chi connectivity index (χ2n) is 4.89. The molecule has 0 heterocycles. The fourth-order valence-corrected chi connectivity index (χ4v) is 2.53. The fourth-order valence-electron chi connectivity index (χ4n) is 2.53. The third kappa shape index (κ3) is 3.73. The maximum atomic E-state index is 2.29. The monoisotopic (exact) mass is 238 g/mol. The molecule has 0 aliphatic rings. The quantitative estimate of drug-likeness (QED) is 0.648. The van der Waals surface area contributed by atoms with Crippen LogP contribution in [0.4, 0.5) is 0 Å². The molecule has 0 aliphatic carbocycles. The van der Waals surface area contributed by atoms with Crippen molar-refractivity contribution in [1.82, 2.24) is 0 Å². The Morgan fingerprint density at radius 2 is 1.44 bits per heavy atom. The highest BCUT2D eigenvalue weighted by Crippen LogP contribution is 2.25. The fraction of sp³-hybridized carbons (Fsp3) is 0.333. The van der Waals surface area contributed by atoms with Gasteiger partial charge in [-0.15, -0.1) is 0 Å². The summed E-state index contributed by atoms with van der Waals surface area (Å²) in [6, 6.07) is 21.7. The van der Waals surface area contributed by atoms with Gasteiger partial charge in [0.05, 0.1) is 0 Å². The van der Waals surface area contributed by atoms with Gasteiger partial charge in [0.25, 0.3) is 0 Å². The number of aryl methyl sites for hydroxylation is 1. The molecule has 2 rings (SSSR count). The summed E-state index contributed by atoms with van der Waals surface area (Å²) >= 11 is 0. The van der Waals surface area contributed by atoms with E-state index in [1.54, 1.807) is 0 Å². The zero-order valence-electron chi connectivity index (χ0n) is 11.2. The van der Waals surface area contributed by atoms with Crippen LogP contribution in [0.25, 0.3) is 0 Å². The number of hydrogen-bond donors (Lipinski definition) is 0. The van der Waals surface area contributed by atoms with Gasteiger partial charge in [-0.1, -0.05) is 67.6 Å².